The quantitative estimate of drug-likeness (QED) is 0.341. The predicted octanol–water partition coefficient (Wildman–Crippen LogP) is 5.31. The molecule has 0 saturated carbocycles. The molecule has 0 aliphatic carbocycles. The zero-order chi connectivity index (χ0) is 19.5. The molecule has 0 amide bonds. The number of aryl methyl sites for hydroxylation is 1. The highest BCUT2D eigenvalue weighted by Gasteiger charge is 2.18. The molecule has 1 saturated heterocycles. The van der Waals surface area contributed by atoms with Crippen LogP contribution >= 0.6 is 22.9 Å². The van der Waals surface area contributed by atoms with Gasteiger partial charge in [0.2, 0.25) is 0 Å². The molecule has 4 rings (SSSR count). The van der Waals surface area contributed by atoms with Crippen molar-refractivity contribution in [3.8, 4) is 11.1 Å². The minimum absolute atomic E-state index is 0.108. The van der Waals surface area contributed by atoms with Crippen LogP contribution in [0.4, 0.5) is 0 Å². The zero-order valence-corrected chi connectivity index (χ0v) is 16.9. The number of ketones is 1. The number of likely N-dealkylation sites (tertiary alicyclic amines) is 1. The van der Waals surface area contributed by atoms with Crippen LogP contribution < -0.4 is 0 Å². The van der Waals surface area contributed by atoms with Gasteiger partial charge in [0, 0.05) is 43.0 Å². The maximum atomic E-state index is 12.3. The highest BCUT2D eigenvalue weighted by molar-refractivity contribution is 7.18. The third-order valence-electron chi connectivity index (χ3n) is 4.95. The highest BCUT2D eigenvalue weighted by atomic mass is 35.5. The van der Waals surface area contributed by atoms with Crippen molar-refractivity contribution >= 4 is 34.6 Å². The van der Waals surface area contributed by atoms with Gasteiger partial charge in [-0.2, -0.15) is 0 Å². The van der Waals surface area contributed by atoms with Gasteiger partial charge in [0.15, 0.2) is 5.78 Å². The molecule has 0 radical (unpaired) electrons. The normalized spacial score (nSPS) is 13.2. The molecule has 28 heavy (non-hydrogen) atoms. The Kier molecular flexibility index (Phi) is 5.55. The number of Topliss-reactive ketones (excluding diaryl/α,β-unsaturated/α-hetero) is 1. The highest BCUT2D eigenvalue weighted by Crippen LogP contribution is 2.24. The Morgan fingerprint density at radius 1 is 1.11 bits per heavy atom. The second-order valence-electron chi connectivity index (χ2n) is 6.88. The van der Waals surface area contributed by atoms with Crippen molar-refractivity contribution in [1.82, 2.24) is 9.88 Å². The van der Waals surface area contributed by atoms with E-state index in [0.29, 0.717) is 27.9 Å². The first-order valence-electron chi connectivity index (χ1n) is 9.27. The minimum atomic E-state index is 0.108. The van der Waals surface area contributed by atoms with E-state index in [1.165, 1.54) is 17.8 Å². The molecule has 2 aromatic heterocycles. The van der Waals surface area contributed by atoms with Crippen molar-refractivity contribution in [2.75, 3.05) is 13.1 Å². The van der Waals surface area contributed by atoms with Crippen LogP contribution in [0.15, 0.2) is 54.9 Å². The molecule has 142 valence electrons. The van der Waals surface area contributed by atoms with Gasteiger partial charge in [-0.15, -0.1) is 11.3 Å². The number of nitrogens with one attached hydrogen (secondary N) is 1. The molecule has 1 fully saturated rings. The van der Waals surface area contributed by atoms with Crippen molar-refractivity contribution < 1.29 is 4.79 Å². The van der Waals surface area contributed by atoms with Crippen LogP contribution in [0.2, 0.25) is 4.34 Å². The molecule has 1 N–H and O–H groups in total. The Bertz CT molecular complexity index is 1010. The average molecular weight is 410 g/mol. The van der Waals surface area contributed by atoms with E-state index in [-0.39, 0.29) is 5.78 Å². The summed E-state index contributed by atoms with van der Waals surface area (Å²) in [7, 11) is 0. The molecule has 0 spiro atoms. The molecule has 0 atom stereocenters. The monoisotopic (exact) mass is 409 g/mol. The Morgan fingerprint density at radius 2 is 1.89 bits per heavy atom. The molecule has 3 heterocycles. The van der Waals surface area contributed by atoms with E-state index >= 15 is 0 Å². The number of amidine groups is 1. The second-order valence-corrected chi connectivity index (χ2v) is 8.59. The summed E-state index contributed by atoms with van der Waals surface area (Å²) in [6, 6.07) is 13.7. The molecule has 0 bridgehead atoms. The summed E-state index contributed by atoms with van der Waals surface area (Å²) < 4.78 is 0.637. The van der Waals surface area contributed by atoms with Crippen LogP contribution in [-0.4, -0.2) is 34.6 Å². The second kappa shape index (κ2) is 8.25. The third-order valence-corrected chi connectivity index (χ3v) is 6.22. The van der Waals surface area contributed by atoms with Crippen molar-refractivity contribution in [3.05, 3.63) is 75.2 Å². The fraction of sp³-hybridized carbons (Fsp3) is 0.227. The van der Waals surface area contributed by atoms with Crippen molar-refractivity contribution in [2.45, 2.75) is 19.3 Å². The van der Waals surface area contributed by atoms with Crippen LogP contribution in [0.1, 0.15) is 33.6 Å². The lowest BCUT2D eigenvalue weighted by atomic mass is 10.0. The Labute approximate surface area is 173 Å². The number of benzene rings is 1. The number of rotatable bonds is 6. The number of carbonyl (C=O) groups is 1. The van der Waals surface area contributed by atoms with Gasteiger partial charge >= 0.3 is 0 Å². The lowest BCUT2D eigenvalue weighted by Gasteiger charge is -2.33. The number of hydrogen-bond donors (Lipinski definition) is 1. The fourth-order valence-electron chi connectivity index (χ4n) is 3.17. The van der Waals surface area contributed by atoms with E-state index in [1.54, 1.807) is 12.1 Å². The molecular weight excluding hydrogens is 390 g/mol. The van der Waals surface area contributed by atoms with Crippen molar-refractivity contribution in [3.63, 3.8) is 0 Å². The van der Waals surface area contributed by atoms with Crippen LogP contribution in [0, 0.1) is 5.41 Å². The third kappa shape index (κ3) is 4.16. The van der Waals surface area contributed by atoms with E-state index in [2.05, 4.69) is 16.0 Å². The first-order chi connectivity index (χ1) is 13.6. The summed E-state index contributed by atoms with van der Waals surface area (Å²) in [4.78, 5) is 19.4. The standard InChI is InChI=1S/C22H20ClN3OS/c23-21-9-8-20(28-21)19(27)7-2-15-12-18(14-25-13-15)16-3-5-17(6-4-16)22(24)26-10-1-11-26/h3-6,8-9,12-14,24H,1-2,7,10-11H2. The van der Waals surface area contributed by atoms with E-state index in [9.17, 15) is 4.79 Å². The van der Waals surface area contributed by atoms with Crippen LogP contribution in [0.5, 0.6) is 0 Å². The van der Waals surface area contributed by atoms with Gasteiger partial charge < -0.3 is 4.90 Å². The summed E-state index contributed by atoms with van der Waals surface area (Å²) in [6.07, 6.45) is 5.90. The summed E-state index contributed by atoms with van der Waals surface area (Å²) in [6.45, 7) is 1.95. The fourth-order valence-corrected chi connectivity index (χ4v) is 4.18. The zero-order valence-electron chi connectivity index (χ0n) is 15.3. The summed E-state index contributed by atoms with van der Waals surface area (Å²) >= 11 is 7.23. The number of nitrogens with zero attached hydrogens (tertiary/aromatic N) is 2. The Hall–Kier alpha value is -2.50. The van der Waals surface area contributed by atoms with Crippen LogP contribution in [0.25, 0.3) is 11.1 Å². The number of aromatic nitrogens is 1. The molecule has 0 unspecified atom stereocenters. The smallest absolute Gasteiger partial charge is 0.173 e. The van der Waals surface area contributed by atoms with E-state index in [4.69, 9.17) is 17.0 Å². The van der Waals surface area contributed by atoms with Crippen molar-refractivity contribution in [2.24, 2.45) is 0 Å². The maximum Gasteiger partial charge on any atom is 0.173 e. The average Bonchev–Trinajstić information content (AvgIpc) is 3.11. The molecule has 3 aromatic rings. The van der Waals surface area contributed by atoms with E-state index in [0.717, 1.165) is 35.3 Å². The summed E-state index contributed by atoms with van der Waals surface area (Å²) in [5, 5.41) is 8.24. The van der Waals surface area contributed by atoms with Crippen molar-refractivity contribution in [1.29, 1.82) is 5.41 Å². The van der Waals surface area contributed by atoms with Gasteiger partial charge in [-0.25, -0.2) is 0 Å². The van der Waals surface area contributed by atoms with Gasteiger partial charge in [-0.1, -0.05) is 35.9 Å². The number of thiophene rings is 1. The lowest BCUT2D eigenvalue weighted by molar-refractivity contribution is 0.0986. The minimum Gasteiger partial charge on any atom is -0.356 e. The summed E-state index contributed by atoms with van der Waals surface area (Å²) in [5.74, 6) is 0.702. The Balaban J connectivity index is 1.43. The SMILES string of the molecule is N=C(c1ccc(-c2cncc(CCC(=O)c3ccc(Cl)s3)c2)cc1)N1CCC1. The lowest BCUT2D eigenvalue weighted by Crippen LogP contribution is -2.42. The molecule has 1 aliphatic heterocycles. The van der Waals surface area contributed by atoms with Crippen LogP contribution in [-0.2, 0) is 6.42 Å². The molecule has 1 aromatic carbocycles. The number of hydrogen-bond acceptors (Lipinski definition) is 4. The number of pyridine rings is 1. The molecule has 6 heteroatoms. The van der Waals surface area contributed by atoms with Gasteiger partial charge in [-0.05, 0) is 42.2 Å². The van der Waals surface area contributed by atoms with E-state index in [1.807, 2.05) is 36.7 Å². The van der Waals surface area contributed by atoms with Gasteiger partial charge in [0.05, 0.1) is 9.21 Å². The Morgan fingerprint density at radius 3 is 2.54 bits per heavy atom. The number of halogens is 1. The largest absolute Gasteiger partial charge is 0.356 e. The molecule has 4 nitrogen and oxygen atoms in total. The summed E-state index contributed by atoms with van der Waals surface area (Å²) in [5.41, 5.74) is 4.05. The van der Waals surface area contributed by atoms with Crippen LogP contribution in [0.3, 0.4) is 0 Å². The van der Waals surface area contributed by atoms with Gasteiger partial charge in [0.1, 0.15) is 5.84 Å². The molecular formula is C22H20ClN3OS. The van der Waals surface area contributed by atoms with E-state index < -0.39 is 0 Å². The molecule has 1 aliphatic rings. The number of carbonyl (C=O) groups excluding carboxylic acids is 1. The topological polar surface area (TPSA) is 57.1 Å². The van der Waals surface area contributed by atoms with Gasteiger partial charge in [0.25, 0.3) is 0 Å². The first kappa shape index (κ1) is 18.8. The van der Waals surface area contributed by atoms with Gasteiger partial charge in [-0.3, -0.25) is 15.2 Å². The first-order valence-corrected chi connectivity index (χ1v) is 10.5. The maximum absolute atomic E-state index is 12.3. The predicted molar refractivity (Wildman–Crippen MR) is 115 cm³/mol.